The van der Waals surface area contributed by atoms with Gasteiger partial charge in [-0.3, -0.25) is 0 Å². The molecule has 2 unspecified atom stereocenters. The molecule has 2 rings (SSSR count). The number of rotatable bonds is 9. The molecule has 8 heteroatoms. The highest BCUT2D eigenvalue weighted by atomic mass is 32.2. The first-order valence-corrected chi connectivity index (χ1v) is 13.0. The van der Waals surface area contributed by atoms with Crippen molar-refractivity contribution in [2.45, 2.75) is 63.3 Å². The van der Waals surface area contributed by atoms with Crippen LogP contribution in [0.4, 0.5) is 4.79 Å². The summed E-state index contributed by atoms with van der Waals surface area (Å²) < 4.78 is 30.0. The highest BCUT2D eigenvalue weighted by Gasteiger charge is 2.27. The van der Waals surface area contributed by atoms with Crippen LogP contribution < -0.4 is 5.73 Å². The van der Waals surface area contributed by atoms with Crippen LogP contribution in [-0.4, -0.2) is 55.1 Å². The first-order chi connectivity index (χ1) is 15.7. The zero-order valence-electron chi connectivity index (χ0n) is 20.6. The number of aliphatic hydroxyl groups is 1. The SMILES string of the molecule is C=C(C)c1cc(CN(CC(O)C(N)Cc2ccccc2)C(=O)OC(C)(C)C)cc(S(C)(=O)=O)c1. The maximum Gasteiger partial charge on any atom is 0.410 e. The van der Waals surface area contributed by atoms with E-state index in [0.29, 0.717) is 23.1 Å². The van der Waals surface area contributed by atoms with Gasteiger partial charge in [0.1, 0.15) is 5.60 Å². The van der Waals surface area contributed by atoms with Crippen molar-refractivity contribution in [2.75, 3.05) is 12.8 Å². The van der Waals surface area contributed by atoms with Crippen LogP contribution >= 0.6 is 0 Å². The summed E-state index contributed by atoms with van der Waals surface area (Å²) >= 11 is 0. The smallest absolute Gasteiger partial charge is 0.410 e. The minimum Gasteiger partial charge on any atom is -0.444 e. The average molecular weight is 489 g/mol. The zero-order chi connectivity index (χ0) is 25.7. The lowest BCUT2D eigenvalue weighted by atomic mass is 10.0. The molecule has 0 aliphatic rings. The van der Waals surface area contributed by atoms with Crippen molar-refractivity contribution in [1.82, 2.24) is 4.90 Å². The monoisotopic (exact) mass is 488 g/mol. The minimum absolute atomic E-state index is 0.0354. The van der Waals surface area contributed by atoms with Crippen LogP contribution in [0.15, 0.2) is 60.0 Å². The molecule has 0 spiro atoms. The number of benzene rings is 2. The van der Waals surface area contributed by atoms with Gasteiger partial charge in [0.15, 0.2) is 9.84 Å². The van der Waals surface area contributed by atoms with Gasteiger partial charge in [-0.15, -0.1) is 0 Å². The number of nitrogens with zero attached hydrogens (tertiary/aromatic N) is 1. The van der Waals surface area contributed by atoms with Crippen molar-refractivity contribution in [2.24, 2.45) is 5.73 Å². The number of ether oxygens (including phenoxy) is 1. The highest BCUT2D eigenvalue weighted by molar-refractivity contribution is 7.90. The Labute approximate surface area is 203 Å². The average Bonchev–Trinajstić information content (AvgIpc) is 2.71. The van der Waals surface area contributed by atoms with Crippen LogP contribution in [0.3, 0.4) is 0 Å². The third kappa shape index (κ3) is 8.59. The van der Waals surface area contributed by atoms with Gasteiger partial charge in [0.25, 0.3) is 0 Å². The Morgan fingerprint density at radius 3 is 2.29 bits per heavy atom. The number of amides is 1. The molecule has 0 heterocycles. The van der Waals surface area contributed by atoms with E-state index < -0.39 is 33.7 Å². The van der Waals surface area contributed by atoms with Gasteiger partial charge in [-0.25, -0.2) is 13.2 Å². The number of carbonyl (C=O) groups is 1. The number of hydrogen-bond donors (Lipinski definition) is 2. The predicted molar refractivity (Wildman–Crippen MR) is 135 cm³/mol. The van der Waals surface area contributed by atoms with Crippen molar-refractivity contribution in [3.63, 3.8) is 0 Å². The summed E-state index contributed by atoms with van der Waals surface area (Å²) in [5.41, 5.74) is 8.40. The van der Waals surface area contributed by atoms with Crippen molar-refractivity contribution in [1.29, 1.82) is 0 Å². The van der Waals surface area contributed by atoms with Crippen LogP contribution in [0, 0.1) is 0 Å². The molecule has 7 nitrogen and oxygen atoms in total. The van der Waals surface area contributed by atoms with E-state index in [1.165, 1.54) is 11.0 Å². The van der Waals surface area contributed by atoms with Gasteiger partial charge in [0.2, 0.25) is 0 Å². The largest absolute Gasteiger partial charge is 0.444 e. The quantitative estimate of drug-likeness (QED) is 0.556. The number of allylic oxidation sites excluding steroid dienone is 1. The van der Waals surface area contributed by atoms with E-state index in [1.54, 1.807) is 39.8 Å². The summed E-state index contributed by atoms with van der Waals surface area (Å²) in [7, 11) is -3.48. The summed E-state index contributed by atoms with van der Waals surface area (Å²) in [6.45, 7) is 10.9. The highest BCUT2D eigenvalue weighted by Crippen LogP contribution is 2.22. The van der Waals surface area contributed by atoms with E-state index in [-0.39, 0.29) is 18.0 Å². The molecule has 0 aromatic heterocycles. The second-order valence-electron chi connectivity index (χ2n) is 9.70. The summed E-state index contributed by atoms with van der Waals surface area (Å²) in [6, 6.07) is 13.8. The predicted octanol–water partition coefficient (Wildman–Crippen LogP) is 3.79. The zero-order valence-corrected chi connectivity index (χ0v) is 21.4. The number of carbonyl (C=O) groups excluding carboxylic acids is 1. The molecule has 0 bridgehead atoms. The molecule has 0 saturated carbocycles. The Morgan fingerprint density at radius 1 is 1.15 bits per heavy atom. The van der Waals surface area contributed by atoms with Gasteiger partial charge in [-0.1, -0.05) is 42.5 Å². The van der Waals surface area contributed by atoms with E-state index in [4.69, 9.17) is 10.5 Å². The Morgan fingerprint density at radius 2 is 1.76 bits per heavy atom. The fourth-order valence-corrected chi connectivity index (χ4v) is 4.05. The fraction of sp³-hybridized carbons (Fsp3) is 0.423. The van der Waals surface area contributed by atoms with Gasteiger partial charge in [0, 0.05) is 18.8 Å². The van der Waals surface area contributed by atoms with Gasteiger partial charge < -0.3 is 20.5 Å². The fourth-order valence-electron chi connectivity index (χ4n) is 3.35. The molecule has 1 amide bonds. The molecule has 0 fully saturated rings. The number of nitrogens with two attached hydrogens (primary N) is 1. The summed E-state index contributed by atoms with van der Waals surface area (Å²) in [5, 5.41) is 10.8. The third-order valence-corrected chi connectivity index (χ3v) is 6.22. The van der Waals surface area contributed by atoms with Crippen LogP contribution in [0.1, 0.15) is 44.4 Å². The number of aliphatic hydroxyl groups excluding tert-OH is 1. The third-order valence-electron chi connectivity index (χ3n) is 5.13. The topological polar surface area (TPSA) is 110 Å². The normalized spacial score (nSPS) is 13.7. The Hall–Kier alpha value is -2.68. The van der Waals surface area contributed by atoms with Crippen molar-refractivity contribution < 1.29 is 23.1 Å². The second kappa shape index (κ2) is 11.2. The molecule has 0 radical (unpaired) electrons. The standard InChI is InChI=1S/C26H36N2O5S/c1-18(2)21-12-20(13-22(15-21)34(6,31)32)16-28(25(30)33-26(3,4)5)17-24(29)23(27)14-19-10-8-7-9-11-19/h7-13,15,23-24,29H,1,14,16-17,27H2,2-6H3. The maximum absolute atomic E-state index is 13.0. The molecule has 0 saturated heterocycles. The molecule has 2 aromatic carbocycles. The molecule has 0 aliphatic heterocycles. The van der Waals surface area contributed by atoms with E-state index in [2.05, 4.69) is 6.58 Å². The van der Waals surface area contributed by atoms with Crippen molar-refractivity contribution in [3.05, 3.63) is 71.8 Å². The summed E-state index contributed by atoms with van der Waals surface area (Å²) in [4.78, 5) is 14.5. The van der Waals surface area contributed by atoms with E-state index in [1.807, 2.05) is 30.3 Å². The molecular weight excluding hydrogens is 452 g/mol. The number of hydrogen-bond acceptors (Lipinski definition) is 6. The maximum atomic E-state index is 13.0. The Bertz CT molecular complexity index is 1110. The van der Waals surface area contributed by atoms with Crippen LogP contribution in [-0.2, 0) is 27.5 Å². The van der Waals surface area contributed by atoms with Gasteiger partial charge >= 0.3 is 6.09 Å². The second-order valence-corrected chi connectivity index (χ2v) is 11.7. The molecule has 186 valence electrons. The lowest BCUT2D eigenvalue weighted by Crippen LogP contribution is -2.47. The molecule has 34 heavy (non-hydrogen) atoms. The Kier molecular flexibility index (Phi) is 9.05. The first kappa shape index (κ1) is 27.6. The van der Waals surface area contributed by atoms with E-state index >= 15 is 0 Å². The van der Waals surface area contributed by atoms with Crippen LogP contribution in [0.25, 0.3) is 5.57 Å². The Balaban J connectivity index is 2.33. The molecule has 2 atom stereocenters. The molecule has 2 aromatic rings. The van der Waals surface area contributed by atoms with Crippen LogP contribution in [0.5, 0.6) is 0 Å². The first-order valence-electron chi connectivity index (χ1n) is 11.1. The lowest BCUT2D eigenvalue weighted by Gasteiger charge is -2.30. The van der Waals surface area contributed by atoms with Gasteiger partial charge in [-0.2, -0.15) is 0 Å². The van der Waals surface area contributed by atoms with Gasteiger partial charge in [0.05, 0.1) is 17.5 Å². The molecule has 0 aliphatic carbocycles. The summed E-state index contributed by atoms with van der Waals surface area (Å²) in [6.07, 6.45) is -0.0775. The van der Waals surface area contributed by atoms with Crippen LogP contribution in [0.2, 0.25) is 0 Å². The lowest BCUT2D eigenvalue weighted by molar-refractivity contribution is 0.00994. The number of sulfone groups is 1. The molecule has 3 N–H and O–H groups in total. The molecular formula is C26H36N2O5S. The van der Waals surface area contributed by atoms with E-state index in [0.717, 1.165) is 11.8 Å². The summed E-state index contributed by atoms with van der Waals surface area (Å²) in [5.74, 6) is 0. The van der Waals surface area contributed by atoms with Gasteiger partial charge in [-0.05, 0) is 69.0 Å². The van der Waals surface area contributed by atoms with Crippen molar-refractivity contribution >= 4 is 21.5 Å². The van der Waals surface area contributed by atoms with E-state index in [9.17, 15) is 18.3 Å². The van der Waals surface area contributed by atoms with Crippen molar-refractivity contribution in [3.8, 4) is 0 Å². The minimum atomic E-state index is -3.48.